The van der Waals surface area contributed by atoms with Gasteiger partial charge in [0.25, 0.3) is 11.6 Å². The number of amides is 1. The third-order valence-corrected chi connectivity index (χ3v) is 5.89. The summed E-state index contributed by atoms with van der Waals surface area (Å²) in [4.78, 5) is 36.4. The second kappa shape index (κ2) is 8.62. The van der Waals surface area contributed by atoms with Gasteiger partial charge >= 0.3 is 5.97 Å². The van der Waals surface area contributed by atoms with Crippen LogP contribution in [0.1, 0.15) is 12.0 Å². The van der Waals surface area contributed by atoms with Gasteiger partial charge in [-0.05, 0) is 18.1 Å². The zero-order chi connectivity index (χ0) is 21.1. The van der Waals surface area contributed by atoms with E-state index < -0.39 is 28.7 Å². The number of fused-ring (bicyclic) bond motifs is 2. The highest BCUT2D eigenvalue weighted by atomic mass is 32.2. The molecule has 0 saturated heterocycles. The Morgan fingerprint density at radius 3 is 2.67 bits per heavy atom. The second-order valence-corrected chi connectivity index (χ2v) is 7.94. The largest absolute Gasteiger partial charge is 0.489 e. The topological polar surface area (TPSA) is 117 Å². The van der Waals surface area contributed by atoms with E-state index in [9.17, 15) is 19.7 Å². The molecule has 4 rings (SSSR count). The SMILES string of the molecule is O=C(COC(=O)C1Cc2ccccc2S1)Nc1cc2c(cc1[N+](=O)[O-])OCCCO2. The molecule has 2 aliphatic rings. The van der Waals surface area contributed by atoms with Crippen LogP contribution in [0, 0.1) is 10.1 Å². The summed E-state index contributed by atoms with van der Waals surface area (Å²) in [6.07, 6.45) is 1.18. The van der Waals surface area contributed by atoms with Gasteiger partial charge in [-0.15, -0.1) is 11.8 Å². The van der Waals surface area contributed by atoms with Crippen molar-refractivity contribution < 1.29 is 28.7 Å². The fraction of sp³-hybridized carbons (Fsp3) is 0.300. The minimum Gasteiger partial charge on any atom is -0.489 e. The van der Waals surface area contributed by atoms with E-state index in [1.165, 1.54) is 23.9 Å². The summed E-state index contributed by atoms with van der Waals surface area (Å²) in [5, 5.41) is 13.4. The van der Waals surface area contributed by atoms with Crippen LogP contribution >= 0.6 is 11.8 Å². The fourth-order valence-electron chi connectivity index (χ4n) is 3.18. The highest BCUT2D eigenvalue weighted by Crippen LogP contribution is 2.39. The Balaban J connectivity index is 1.39. The van der Waals surface area contributed by atoms with Crippen LogP contribution in [-0.2, 0) is 20.7 Å². The molecular weight excluding hydrogens is 412 g/mol. The summed E-state index contributed by atoms with van der Waals surface area (Å²) in [5.41, 5.74) is 0.686. The second-order valence-electron chi connectivity index (χ2n) is 6.70. The van der Waals surface area contributed by atoms with Crippen molar-refractivity contribution in [2.45, 2.75) is 23.0 Å². The number of rotatable bonds is 5. The van der Waals surface area contributed by atoms with E-state index in [-0.39, 0.29) is 17.1 Å². The van der Waals surface area contributed by atoms with Gasteiger partial charge in [-0.2, -0.15) is 0 Å². The zero-order valence-corrected chi connectivity index (χ0v) is 16.6. The number of hydrogen-bond donors (Lipinski definition) is 1. The molecule has 1 N–H and O–H groups in total. The first-order valence-corrected chi connectivity index (χ1v) is 10.2. The van der Waals surface area contributed by atoms with Crippen molar-refractivity contribution in [2.24, 2.45) is 0 Å². The van der Waals surface area contributed by atoms with Crippen molar-refractivity contribution in [3.63, 3.8) is 0 Å². The maximum Gasteiger partial charge on any atom is 0.320 e. The maximum atomic E-state index is 12.3. The maximum absolute atomic E-state index is 12.3. The number of carbonyl (C=O) groups excluding carboxylic acids is 2. The molecule has 0 aromatic heterocycles. The lowest BCUT2D eigenvalue weighted by Gasteiger charge is -2.12. The van der Waals surface area contributed by atoms with Gasteiger partial charge in [0.1, 0.15) is 10.9 Å². The van der Waals surface area contributed by atoms with Gasteiger partial charge in [-0.1, -0.05) is 18.2 Å². The summed E-state index contributed by atoms with van der Waals surface area (Å²) < 4.78 is 16.1. The number of benzene rings is 2. The number of nitrogens with zero attached hydrogens (tertiary/aromatic N) is 1. The molecule has 0 fully saturated rings. The molecule has 0 aliphatic carbocycles. The molecule has 0 spiro atoms. The smallest absolute Gasteiger partial charge is 0.320 e. The molecule has 9 nitrogen and oxygen atoms in total. The molecule has 1 atom stereocenters. The summed E-state index contributed by atoms with van der Waals surface area (Å²) in [6.45, 7) is 0.240. The molecule has 156 valence electrons. The van der Waals surface area contributed by atoms with Crippen LogP contribution in [0.3, 0.4) is 0 Å². The quantitative estimate of drug-likeness (QED) is 0.437. The normalized spacial score (nSPS) is 16.9. The lowest BCUT2D eigenvalue weighted by atomic mass is 10.1. The van der Waals surface area contributed by atoms with Gasteiger partial charge in [0.15, 0.2) is 18.1 Å². The van der Waals surface area contributed by atoms with Gasteiger partial charge in [0.2, 0.25) is 0 Å². The van der Waals surface area contributed by atoms with Gasteiger partial charge in [-0.25, -0.2) is 0 Å². The molecule has 0 saturated carbocycles. The third-order valence-electron chi connectivity index (χ3n) is 4.59. The van der Waals surface area contributed by atoms with Crippen LogP contribution < -0.4 is 14.8 Å². The Bertz CT molecular complexity index is 986. The Labute approximate surface area is 175 Å². The first kappa shape index (κ1) is 20.0. The zero-order valence-electron chi connectivity index (χ0n) is 15.8. The highest BCUT2D eigenvalue weighted by Gasteiger charge is 2.30. The summed E-state index contributed by atoms with van der Waals surface area (Å²) in [7, 11) is 0. The van der Waals surface area contributed by atoms with Crippen molar-refractivity contribution in [3.05, 3.63) is 52.1 Å². The van der Waals surface area contributed by atoms with E-state index in [0.717, 1.165) is 10.5 Å². The standard InChI is InChI=1S/C20H18N2O7S/c23-19(11-29-20(24)18-8-12-4-1-2-5-17(12)30-18)21-13-9-15-16(10-14(13)22(25)26)28-7-3-6-27-15/h1-2,4-5,9-10,18H,3,6-8,11H2,(H,21,23). The van der Waals surface area contributed by atoms with Crippen molar-refractivity contribution in [1.82, 2.24) is 0 Å². The third kappa shape index (κ3) is 4.33. The lowest BCUT2D eigenvalue weighted by Crippen LogP contribution is -2.26. The fourth-order valence-corrected chi connectivity index (χ4v) is 4.37. The molecule has 1 amide bonds. The number of nitrogens with one attached hydrogen (secondary N) is 1. The van der Waals surface area contributed by atoms with Crippen LogP contribution in [0.25, 0.3) is 0 Å². The predicted molar refractivity (Wildman–Crippen MR) is 108 cm³/mol. The summed E-state index contributed by atoms with van der Waals surface area (Å²) in [6, 6.07) is 10.3. The Hall–Kier alpha value is -3.27. The molecule has 2 heterocycles. The summed E-state index contributed by atoms with van der Waals surface area (Å²) >= 11 is 1.40. The van der Waals surface area contributed by atoms with Crippen LogP contribution in [-0.4, -0.2) is 41.9 Å². The minimum absolute atomic E-state index is 0.0482. The summed E-state index contributed by atoms with van der Waals surface area (Å²) in [5.74, 6) is -0.618. The molecule has 2 aromatic carbocycles. The van der Waals surface area contributed by atoms with E-state index >= 15 is 0 Å². The molecular formula is C20H18N2O7S. The molecule has 2 aromatic rings. The van der Waals surface area contributed by atoms with E-state index in [4.69, 9.17) is 14.2 Å². The van der Waals surface area contributed by atoms with Crippen LogP contribution in [0.4, 0.5) is 11.4 Å². The number of carbonyl (C=O) groups is 2. The van der Waals surface area contributed by atoms with E-state index in [2.05, 4.69) is 5.32 Å². The first-order valence-electron chi connectivity index (χ1n) is 9.30. The number of nitro benzene ring substituents is 1. The van der Waals surface area contributed by atoms with Crippen LogP contribution in [0.5, 0.6) is 11.5 Å². The Morgan fingerprint density at radius 1 is 1.20 bits per heavy atom. The average Bonchev–Trinajstić information content (AvgIpc) is 3.04. The first-order chi connectivity index (χ1) is 14.5. The Kier molecular flexibility index (Phi) is 5.75. The molecule has 0 bridgehead atoms. The number of anilines is 1. The number of esters is 1. The molecule has 10 heteroatoms. The van der Waals surface area contributed by atoms with Crippen LogP contribution in [0.2, 0.25) is 0 Å². The number of nitro groups is 1. The van der Waals surface area contributed by atoms with Gasteiger partial charge in [0.05, 0.1) is 24.2 Å². The predicted octanol–water partition coefficient (Wildman–Crippen LogP) is 2.95. The lowest BCUT2D eigenvalue weighted by molar-refractivity contribution is -0.384. The van der Waals surface area contributed by atoms with E-state index in [1.807, 2.05) is 24.3 Å². The molecule has 2 aliphatic heterocycles. The molecule has 30 heavy (non-hydrogen) atoms. The molecule has 0 radical (unpaired) electrons. The van der Waals surface area contributed by atoms with Gasteiger partial charge in [-0.3, -0.25) is 19.7 Å². The van der Waals surface area contributed by atoms with Gasteiger partial charge in [0, 0.05) is 17.4 Å². The number of hydrogen-bond acceptors (Lipinski definition) is 8. The van der Waals surface area contributed by atoms with E-state index in [0.29, 0.717) is 31.8 Å². The number of thioether (sulfide) groups is 1. The molecule has 1 unspecified atom stereocenters. The number of ether oxygens (including phenoxy) is 3. The highest BCUT2D eigenvalue weighted by molar-refractivity contribution is 8.01. The van der Waals surface area contributed by atoms with E-state index in [1.54, 1.807) is 0 Å². The van der Waals surface area contributed by atoms with Crippen molar-refractivity contribution in [1.29, 1.82) is 0 Å². The van der Waals surface area contributed by atoms with Gasteiger partial charge < -0.3 is 19.5 Å². The van der Waals surface area contributed by atoms with Crippen molar-refractivity contribution in [3.8, 4) is 11.5 Å². The van der Waals surface area contributed by atoms with Crippen molar-refractivity contribution >= 4 is 35.0 Å². The Morgan fingerprint density at radius 2 is 1.93 bits per heavy atom. The van der Waals surface area contributed by atoms with Crippen LogP contribution in [0.15, 0.2) is 41.3 Å². The van der Waals surface area contributed by atoms with Crippen molar-refractivity contribution in [2.75, 3.05) is 25.1 Å². The average molecular weight is 430 g/mol. The monoisotopic (exact) mass is 430 g/mol. The minimum atomic E-state index is -0.679.